The van der Waals surface area contributed by atoms with Gasteiger partial charge < -0.3 is 15.3 Å². The van der Waals surface area contributed by atoms with E-state index in [1.165, 1.54) is 0 Å². The molecule has 2 aromatic rings. The summed E-state index contributed by atoms with van der Waals surface area (Å²) in [6, 6.07) is 1.74. The molecule has 0 aromatic carbocycles. The normalized spacial score (nSPS) is 17.1. The van der Waals surface area contributed by atoms with Crippen molar-refractivity contribution in [3.8, 4) is 0 Å². The molecule has 24 heavy (non-hydrogen) atoms. The minimum absolute atomic E-state index is 0.154. The average Bonchev–Trinajstić information content (AvgIpc) is 3.03. The van der Waals surface area contributed by atoms with Gasteiger partial charge in [-0.05, 0) is 32.8 Å². The Bertz CT molecular complexity index is 731. The van der Waals surface area contributed by atoms with Gasteiger partial charge in [0, 0.05) is 17.9 Å². The van der Waals surface area contributed by atoms with Crippen LogP contribution >= 0.6 is 0 Å². The Balaban J connectivity index is 1.82. The number of anilines is 2. The summed E-state index contributed by atoms with van der Waals surface area (Å²) in [7, 11) is 0. The molecule has 126 valence electrons. The van der Waals surface area contributed by atoms with Crippen molar-refractivity contribution in [1.29, 1.82) is 0 Å². The maximum Gasteiger partial charge on any atom is 0.248 e. The Hall–Kier alpha value is -2.61. The number of hydrogen-bond donors (Lipinski definition) is 2. The van der Waals surface area contributed by atoms with Crippen molar-refractivity contribution in [2.45, 2.75) is 32.7 Å². The van der Waals surface area contributed by atoms with E-state index in [9.17, 15) is 4.79 Å². The molecule has 1 fully saturated rings. The largest absolute Gasteiger partial charge is 0.387 e. The van der Waals surface area contributed by atoms with E-state index in [1.807, 2.05) is 19.9 Å². The van der Waals surface area contributed by atoms with Gasteiger partial charge in [-0.3, -0.25) is 9.78 Å². The average molecular weight is 328 g/mol. The molecule has 1 atom stereocenters. The smallest absolute Gasteiger partial charge is 0.248 e. The van der Waals surface area contributed by atoms with Gasteiger partial charge >= 0.3 is 0 Å². The number of carbonyl (C=O) groups excluding carboxylic acids is 1. The van der Waals surface area contributed by atoms with E-state index in [1.54, 1.807) is 17.3 Å². The molecular weight excluding hydrogens is 308 g/mol. The van der Waals surface area contributed by atoms with Gasteiger partial charge in [0.15, 0.2) is 5.82 Å². The number of aryl methyl sites for hydroxylation is 2. The lowest BCUT2D eigenvalue weighted by atomic mass is 10.1. The second-order valence-corrected chi connectivity index (χ2v) is 5.83. The molecule has 2 N–H and O–H groups in total. The first-order valence-electron chi connectivity index (χ1n) is 7.88. The Morgan fingerprint density at radius 3 is 2.75 bits per heavy atom. The van der Waals surface area contributed by atoms with Crippen molar-refractivity contribution in [3.05, 3.63) is 35.5 Å². The zero-order valence-electron chi connectivity index (χ0n) is 13.7. The number of aliphatic hydroxyl groups is 1. The van der Waals surface area contributed by atoms with Gasteiger partial charge in [0.25, 0.3) is 0 Å². The molecule has 8 nitrogen and oxygen atoms in total. The highest BCUT2D eigenvalue weighted by atomic mass is 16.3. The Morgan fingerprint density at radius 2 is 2.04 bits per heavy atom. The number of rotatable bonds is 4. The minimum atomic E-state index is -0.488. The summed E-state index contributed by atoms with van der Waals surface area (Å²) in [4.78, 5) is 30.9. The molecule has 1 aliphatic rings. The lowest BCUT2D eigenvalue weighted by molar-refractivity contribution is -0.135. The number of likely N-dealkylation sites (tertiary alicyclic amines) is 1. The third-order valence-electron chi connectivity index (χ3n) is 3.93. The molecule has 0 saturated carbocycles. The zero-order valence-corrected chi connectivity index (χ0v) is 13.7. The van der Waals surface area contributed by atoms with Crippen molar-refractivity contribution in [2.24, 2.45) is 0 Å². The van der Waals surface area contributed by atoms with Gasteiger partial charge in [-0.15, -0.1) is 0 Å². The number of amides is 1. The lowest BCUT2D eigenvalue weighted by Gasteiger charge is -2.23. The Morgan fingerprint density at radius 1 is 1.29 bits per heavy atom. The highest BCUT2D eigenvalue weighted by Crippen LogP contribution is 2.31. The van der Waals surface area contributed by atoms with Crippen LogP contribution in [0.4, 0.5) is 11.8 Å². The maximum atomic E-state index is 11.8. The van der Waals surface area contributed by atoms with Gasteiger partial charge in [-0.2, -0.15) is 0 Å². The number of aliphatic hydroxyl groups excluding tert-OH is 1. The fourth-order valence-electron chi connectivity index (χ4n) is 2.96. The van der Waals surface area contributed by atoms with Crippen molar-refractivity contribution in [1.82, 2.24) is 24.8 Å². The zero-order chi connectivity index (χ0) is 17.1. The lowest BCUT2D eigenvalue weighted by Crippen LogP contribution is -2.33. The van der Waals surface area contributed by atoms with Crippen LogP contribution < -0.4 is 5.32 Å². The number of hydrogen-bond acceptors (Lipinski definition) is 7. The molecule has 0 spiro atoms. The fourth-order valence-corrected chi connectivity index (χ4v) is 2.96. The van der Waals surface area contributed by atoms with Crippen LogP contribution in [0.25, 0.3) is 0 Å². The molecular formula is C16H20N6O2. The molecule has 3 heterocycles. The fraction of sp³-hybridized carbons (Fsp3) is 0.438. The first-order valence-corrected chi connectivity index (χ1v) is 7.88. The van der Waals surface area contributed by atoms with Gasteiger partial charge in [-0.25, -0.2) is 15.0 Å². The third kappa shape index (κ3) is 3.48. The maximum absolute atomic E-state index is 11.8. The molecule has 1 amide bonds. The second kappa shape index (κ2) is 6.88. The van der Waals surface area contributed by atoms with Crippen LogP contribution in [0.2, 0.25) is 0 Å². The van der Waals surface area contributed by atoms with Crippen molar-refractivity contribution < 1.29 is 9.90 Å². The standard InChI is InChI=1S/C16H20N6O2/c1-10-6-11(2)19-16(18-10)21-14-8-17-7-12(20-14)13-4-3-5-22(13)15(24)9-23/h6-8,13,23H,3-5,9H2,1-2H3,(H,18,19,20,21)/t13-/m1/s1. The molecule has 1 saturated heterocycles. The molecule has 0 unspecified atom stereocenters. The highest BCUT2D eigenvalue weighted by Gasteiger charge is 2.30. The van der Waals surface area contributed by atoms with Crippen LogP contribution in [-0.4, -0.2) is 49.0 Å². The summed E-state index contributed by atoms with van der Waals surface area (Å²) in [6.45, 7) is 3.94. The van der Waals surface area contributed by atoms with E-state index < -0.39 is 6.61 Å². The van der Waals surface area contributed by atoms with E-state index in [0.717, 1.165) is 24.2 Å². The second-order valence-electron chi connectivity index (χ2n) is 5.83. The Labute approximate surface area is 140 Å². The summed E-state index contributed by atoms with van der Waals surface area (Å²) in [6.07, 6.45) is 4.94. The number of nitrogens with one attached hydrogen (secondary N) is 1. The molecule has 0 radical (unpaired) electrons. The topological polar surface area (TPSA) is 104 Å². The summed E-state index contributed by atoms with van der Waals surface area (Å²) in [5, 5.41) is 12.2. The van der Waals surface area contributed by atoms with Crippen molar-refractivity contribution in [2.75, 3.05) is 18.5 Å². The number of aromatic nitrogens is 4. The van der Waals surface area contributed by atoms with E-state index in [2.05, 4.69) is 25.3 Å². The van der Waals surface area contributed by atoms with Crippen LogP contribution in [-0.2, 0) is 4.79 Å². The quantitative estimate of drug-likeness (QED) is 0.871. The SMILES string of the molecule is Cc1cc(C)nc(Nc2cncc([C@H]3CCCN3C(=O)CO)n2)n1. The minimum Gasteiger partial charge on any atom is -0.387 e. The predicted molar refractivity (Wildman–Crippen MR) is 87.6 cm³/mol. The van der Waals surface area contributed by atoms with E-state index in [4.69, 9.17) is 5.11 Å². The monoisotopic (exact) mass is 328 g/mol. The number of nitrogens with zero attached hydrogens (tertiary/aromatic N) is 5. The van der Waals surface area contributed by atoms with Crippen molar-refractivity contribution >= 4 is 17.7 Å². The summed E-state index contributed by atoms with van der Waals surface area (Å²) < 4.78 is 0. The molecule has 0 bridgehead atoms. The van der Waals surface area contributed by atoms with E-state index in [-0.39, 0.29) is 11.9 Å². The van der Waals surface area contributed by atoms with Gasteiger partial charge in [0.05, 0.1) is 24.1 Å². The first-order chi connectivity index (χ1) is 11.6. The first kappa shape index (κ1) is 16.3. The van der Waals surface area contributed by atoms with E-state index in [0.29, 0.717) is 24.0 Å². The van der Waals surface area contributed by atoms with Gasteiger partial charge in [0.2, 0.25) is 11.9 Å². The van der Waals surface area contributed by atoms with Crippen LogP contribution in [0, 0.1) is 13.8 Å². The van der Waals surface area contributed by atoms with Gasteiger partial charge in [-0.1, -0.05) is 0 Å². The third-order valence-corrected chi connectivity index (χ3v) is 3.93. The van der Waals surface area contributed by atoms with Crippen LogP contribution in [0.3, 0.4) is 0 Å². The van der Waals surface area contributed by atoms with Crippen LogP contribution in [0.15, 0.2) is 18.5 Å². The van der Waals surface area contributed by atoms with E-state index >= 15 is 0 Å². The molecule has 0 aliphatic carbocycles. The van der Waals surface area contributed by atoms with Crippen molar-refractivity contribution in [3.63, 3.8) is 0 Å². The summed E-state index contributed by atoms with van der Waals surface area (Å²) in [5.74, 6) is 0.713. The molecule has 8 heteroatoms. The molecule has 3 rings (SSSR count). The van der Waals surface area contributed by atoms with Crippen LogP contribution in [0.1, 0.15) is 36.0 Å². The summed E-state index contributed by atoms with van der Waals surface area (Å²) in [5.41, 5.74) is 2.43. The number of carbonyl (C=O) groups is 1. The summed E-state index contributed by atoms with van der Waals surface area (Å²) >= 11 is 0. The van der Waals surface area contributed by atoms with Gasteiger partial charge in [0.1, 0.15) is 6.61 Å². The predicted octanol–water partition coefficient (Wildman–Crippen LogP) is 1.28. The Kier molecular flexibility index (Phi) is 4.66. The highest BCUT2D eigenvalue weighted by molar-refractivity contribution is 5.78. The molecule has 2 aromatic heterocycles. The van der Waals surface area contributed by atoms with Crippen LogP contribution in [0.5, 0.6) is 0 Å². The molecule has 1 aliphatic heterocycles.